The summed E-state index contributed by atoms with van der Waals surface area (Å²) in [5, 5.41) is 3.53. The summed E-state index contributed by atoms with van der Waals surface area (Å²) in [5.74, 6) is 1.14. The quantitative estimate of drug-likeness (QED) is 0.757. The predicted molar refractivity (Wildman–Crippen MR) is 74.3 cm³/mol. The van der Waals surface area contributed by atoms with E-state index in [0.717, 1.165) is 12.2 Å². The third kappa shape index (κ3) is 5.04. The first-order valence-corrected chi connectivity index (χ1v) is 7.08. The van der Waals surface area contributed by atoms with Gasteiger partial charge < -0.3 is 5.32 Å². The smallest absolute Gasteiger partial charge is 0.00815 e. The molecule has 0 saturated carbocycles. The van der Waals surface area contributed by atoms with Crippen LogP contribution < -0.4 is 5.32 Å². The van der Waals surface area contributed by atoms with E-state index in [-0.39, 0.29) is 0 Å². The molecule has 1 N–H and O–H groups in total. The van der Waals surface area contributed by atoms with Crippen LogP contribution in [0.25, 0.3) is 0 Å². The molecule has 0 radical (unpaired) electrons. The number of hydrogen-bond donors (Lipinski definition) is 1. The molecular formula is C14H23NS. The summed E-state index contributed by atoms with van der Waals surface area (Å²) >= 11 is 1.90. The van der Waals surface area contributed by atoms with Crippen molar-refractivity contribution in [2.24, 2.45) is 0 Å². The highest BCUT2D eigenvalue weighted by atomic mass is 32.2. The Morgan fingerprint density at radius 2 is 1.75 bits per heavy atom. The molecule has 0 aliphatic rings. The molecule has 0 saturated heterocycles. The van der Waals surface area contributed by atoms with Gasteiger partial charge in [0.15, 0.2) is 0 Å². The maximum Gasteiger partial charge on any atom is 0.00815 e. The van der Waals surface area contributed by atoms with E-state index in [0.29, 0.717) is 12.1 Å². The zero-order valence-electron chi connectivity index (χ0n) is 10.8. The van der Waals surface area contributed by atoms with Gasteiger partial charge in [0.05, 0.1) is 0 Å². The molecule has 1 rings (SSSR count). The van der Waals surface area contributed by atoms with Crippen LogP contribution in [0.1, 0.15) is 33.3 Å². The molecule has 90 valence electrons. The van der Waals surface area contributed by atoms with Gasteiger partial charge in [-0.2, -0.15) is 0 Å². The van der Waals surface area contributed by atoms with E-state index in [1.165, 1.54) is 10.5 Å². The molecule has 1 nitrogen and oxygen atoms in total. The molecule has 0 aliphatic heterocycles. The van der Waals surface area contributed by atoms with Crippen LogP contribution in [0.4, 0.5) is 0 Å². The molecule has 0 aromatic heterocycles. The van der Waals surface area contributed by atoms with Crippen LogP contribution in [-0.2, 0) is 6.42 Å². The van der Waals surface area contributed by atoms with Crippen molar-refractivity contribution in [1.82, 2.24) is 5.32 Å². The monoisotopic (exact) mass is 237 g/mol. The van der Waals surface area contributed by atoms with Crippen LogP contribution in [0.2, 0.25) is 0 Å². The van der Waals surface area contributed by atoms with E-state index in [9.17, 15) is 0 Å². The standard InChI is InChI=1S/C14H23NS/c1-5-16-14-8-6-13(7-9-14)10-12(4)15-11(2)3/h6-9,11-12,15H,5,10H2,1-4H3. The maximum atomic E-state index is 3.53. The van der Waals surface area contributed by atoms with Gasteiger partial charge in [-0.3, -0.25) is 0 Å². The maximum absolute atomic E-state index is 3.53. The molecule has 0 fully saturated rings. The molecule has 0 heterocycles. The molecule has 1 aromatic carbocycles. The summed E-state index contributed by atoms with van der Waals surface area (Å²) in [6.45, 7) is 8.82. The zero-order chi connectivity index (χ0) is 12.0. The zero-order valence-corrected chi connectivity index (χ0v) is 11.6. The summed E-state index contributed by atoms with van der Waals surface area (Å²) in [4.78, 5) is 1.37. The lowest BCUT2D eigenvalue weighted by Crippen LogP contribution is -2.33. The van der Waals surface area contributed by atoms with Gasteiger partial charge in [0.1, 0.15) is 0 Å². The molecule has 1 atom stereocenters. The largest absolute Gasteiger partial charge is 0.312 e. The van der Waals surface area contributed by atoms with Gasteiger partial charge in [-0.05, 0) is 36.8 Å². The van der Waals surface area contributed by atoms with Gasteiger partial charge >= 0.3 is 0 Å². The van der Waals surface area contributed by atoms with Crippen molar-refractivity contribution in [3.63, 3.8) is 0 Å². The third-order valence-corrected chi connectivity index (χ3v) is 3.29. The van der Waals surface area contributed by atoms with Crippen LogP contribution in [0.15, 0.2) is 29.2 Å². The first-order valence-electron chi connectivity index (χ1n) is 6.09. The Morgan fingerprint density at radius 3 is 2.25 bits per heavy atom. The Hall–Kier alpha value is -0.470. The van der Waals surface area contributed by atoms with E-state index in [2.05, 4.69) is 57.3 Å². The molecule has 0 spiro atoms. The van der Waals surface area contributed by atoms with Gasteiger partial charge in [-0.25, -0.2) is 0 Å². The number of hydrogen-bond acceptors (Lipinski definition) is 2. The van der Waals surface area contributed by atoms with Crippen LogP contribution in [0.5, 0.6) is 0 Å². The lowest BCUT2D eigenvalue weighted by Gasteiger charge is -2.16. The summed E-state index contributed by atoms with van der Waals surface area (Å²) < 4.78 is 0. The van der Waals surface area contributed by atoms with Gasteiger partial charge in [0.25, 0.3) is 0 Å². The fourth-order valence-corrected chi connectivity index (χ4v) is 2.53. The van der Waals surface area contributed by atoms with Crippen molar-refractivity contribution < 1.29 is 0 Å². The Labute approximate surface area is 104 Å². The van der Waals surface area contributed by atoms with Crippen LogP contribution in [0.3, 0.4) is 0 Å². The topological polar surface area (TPSA) is 12.0 Å². The fourth-order valence-electron chi connectivity index (χ4n) is 1.87. The second-order valence-corrected chi connectivity index (χ2v) is 5.84. The van der Waals surface area contributed by atoms with Crippen LogP contribution >= 0.6 is 11.8 Å². The van der Waals surface area contributed by atoms with Crippen molar-refractivity contribution >= 4 is 11.8 Å². The molecule has 0 aliphatic carbocycles. The number of nitrogens with one attached hydrogen (secondary N) is 1. The first kappa shape index (κ1) is 13.6. The minimum Gasteiger partial charge on any atom is -0.312 e. The Bertz CT molecular complexity index is 292. The SMILES string of the molecule is CCSc1ccc(CC(C)NC(C)C)cc1. The second kappa shape index (κ2) is 6.97. The van der Waals surface area contributed by atoms with Gasteiger partial charge in [0, 0.05) is 17.0 Å². The van der Waals surface area contributed by atoms with Gasteiger partial charge in [-0.15, -0.1) is 11.8 Å². The van der Waals surface area contributed by atoms with E-state index >= 15 is 0 Å². The van der Waals surface area contributed by atoms with Crippen LogP contribution in [0, 0.1) is 0 Å². The lowest BCUT2D eigenvalue weighted by molar-refractivity contribution is 0.487. The fraction of sp³-hybridized carbons (Fsp3) is 0.571. The second-order valence-electron chi connectivity index (χ2n) is 4.50. The van der Waals surface area contributed by atoms with Crippen molar-refractivity contribution in [2.75, 3.05) is 5.75 Å². The number of benzene rings is 1. The van der Waals surface area contributed by atoms with Gasteiger partial charge in [-0.1, -0.05) is 32.9 Å². The Kier molecular flexibility index (Phi) is 5.93. The van der Waals surface area contributed by atoms with E-state index in [1.807, 2.05) is 11.8 Å². The van der Waals surface area contributed by atoms with Crippen molar-refractivity contribution in [2.45, 2.75) is 51.1 Å². The molecule has 0 amide bonds. The van der Waals surface area contributed by atoms with E-state index < -0.39 is 0 Å². The Morgan fingerprint density at radius 1 is 1.12 bits per heavy atom. The molecule has 16 heavy (non-hydrogen) atoms. The highest BCUT2D eigenvalue weighted by Crippen LogP contribution is 2.18. The minimum atomic E-state index is 0.546. The van der Waals surface area contributed by atoms with E-state index in [4.69, 9.17) is 0 Å². The summed E-state index contributed by atoms with van der Waals surface area (Å²) in [5.41, 5.74) is 1.42. The summed E-state index contributed by atoms with van der Waals surface area (Å²) in [7, 11) is 0. The van der Waals surface area contributed by atoms with Gasteiger partial charge in [0.2, 0.25) is 0 Å². The lowest BCUT2D eigenvalue weighted by atomic mass is 10.1. The van der Waals surface area contributed by atoms with E-state index in [1.54, 1.807) is 0 Å². The third-order valence-electron chi connectivity index (χ3n) is 2.39. The summed E-state index contributed by atoms with van der Waals surface area (Å²) in [6, 6.07) is 10.1. The average molecular weight is 237 g/mol. The molecule has 2 heteroatoms. The molecule has 1 unspecified atom stereocenters. The number of rotatable bonds is 6. The average Bonchev–Trinajstić information content (AvgIpc) is 2.20. The highest BCUT2D eigenvalue weighted by Gasteiger charge is 2.04. The Balaban J connectivity index is 2.48. The van der Waals surface area contributed by atoms with Crippen molar-refractivity contribution in [3.05, 3.63) is 29.8 Å². The first-order chi connectivity index (χ1) is 7.61. The van der Waals surface area contributed by atoms with Crippen LogP contribution in [-0.4, -0.2) is 17.8 Å². The molecular weight excluding hydrogens is 214 g/mol. The highest BCUT2D eigenvalue weighted by molar-refractivity contribution is 7.99. The molecule has 0 bridgehead atoms. The number of thioether (sulfide) groups is 1. The normalized spacial score (nSPS) is 13.1. The predicted octanol–water partition coefficient (Wildman–Crippen LogP) is 3.73. The summed E-state index contributed by atoms with van der Waals surface area (Å²) in [6.07, 6.45) is 1.11. The van der Waals surface area contributed by atoms with Crippen molar-refractivity contribution in [1.29, 1.82) is 0 Å². The van der Waals surface area contributed by atoms with Crippen molar-refractivity contribution in [3.8, 4) is 0 Å². The minimum absolute atomic E-state index is 0.546. The molecule has 1 aromatic rings.